The molecule has 0 bridgehead atoms. The lowest BCUT2D eigenvalue weighted by Gasteiger charge is -1.95. The van der Waals surface area contributed by atoms with Gasteiger partial charge in [0.15, 0.2) is 17.2 Å². The monoisotopic (exact) mass is 178 g/mol. The molecule has 0 radical (unpaired) electrons. The van der Waals surface area contributed by atoms with E-state index in [-0.39, 0.29) is 0 Å². The van der Waals surface area contributed by atoms with Crippen molar-refractivity contribution in [2.24, 2.45) is 0 Å². The van der Waals surface area contributed by atoms with Crippen LogP contribution >= 0.6 is 0 Å². The molecule has 0 aliphatic heterocycles. The molecule has 0 aromatic carbocycles. The Morgan fingerprint density at radius 3 is 3.00 bits per heavy atom. The fourth-order valence-corrected chi connectivity index (χ4v) is 1.13. The van der Waals surface area contributed by atoms with Gasteiger partial charge in [0.05, 0.1) is 0 Å². The van der Waals surface area contributed by atoms with Crippen LogP contribution in [0.25, 0.3) is 11.2 Å². The van der Waals surface area contributed by atoms with Crippen LogP contribution in [0.4, 0.5) is 5.82 Å². The molecule has 68 valence electrons. The van der Waals surface area contributed by atoms with E-state index in [2.05, 4.69) is 20.3 Å². The van der Waals surface area contributed by atoms with E-state index in [1.54, 1.807) is 7.05 Å². The molecule has 2 aromatic rings. The second kappa shape index (κ2) is 3.01. The van der Waals surface area contributed by atoms with Crippen molar-refractivity contribution in [2.45, 2.75) is 13.3 Å². The summed E-state index contributed by atoms with van der Waals surface area (Å²) in [6, 6.07) is 0. The van der Waals surface area contributed by atoms with Crippen LogP contribution < -0.4 is 5.32 Å². The molecule has 5 nitrogen and oxygen atoms in total. The first kappa shape index (κ1) is 7.97. The van der Waals surface area contributed by atoms with Crippen LogP contribution in [0.5, 0.6) is 0 Å². The number of aromatic nitrogens is 3. The van der Waals surface area contributed by atoms with Gasteiger partial charge in [-0.25, -0.2) is 9.97 Å². The summed E-state index contributed by atoms with van der Waals surface area (Å²) < 4.78 is 5.36. The zero-order valence-corrected chi connectivity index (χ0v) is 7.53. The summed E-state index contributed by atoms with van der Waals surface area (Å²) in [5.74, 6) is 1.39. The van der Waals surface area contributed by atoms with E-state index in [0.29, 0.717) is 22.9 Å². The zero-order chi connectivity index (χ0) is 9.26. The van der Waals surface area contributed by atoms with Gasteiger partial charge >= 0.3 is 0 Å². The second-order valence-corrected chi connectivity index (χ2v) is 2.59. The maximum absolute atomic E-state index is 5.36. The number of hydrogen-bond donors (Lipinski definition) is 1. The molecule has 0 fully saturated rings. The molecule has 0 aliphatic carbocycles. The molecule has 2 rings (SSSR count). The number of rotatable bonds is 2. The molecule has 2 aromatic heterocycles. The standard InChI is InChI=1S/C8H10N4O/c1-3-5-12-6-7(9-2)10-4-11-8(6)13-5/h4H,3H2,1-2H3,(H,9,10,11). The normalized spacial score (nSPS) is 10.6. The lowest BCUT2D eigenvalue weighted by Crippen LogP contribution is -1.93. The molecule has 0 atom stereocenters. The first-order valence-corrected chi connectivity index (χ1v) is 4.13. The quantitative estimate of drug-likeness (QED) is 0.749. The summed E-state index contributed by atoms with van der Waals surface area (Å²) in [5.41, 5.74) is 1.23. The Morgan fingerprint density at radius 1 is 1.46 bits per heavy atom. The molecule has 13 heavy (non-hydrogen) atoms. The van der Waals surface area contributed by atoms with Crippen molar-refractivity contribution in [1.82, 2.24) is 15.0 Å². The minimum absolute atomic E-state index is 0.538. The largest absolute Gasteiger partial charge is 0.422 e. The van der Waals surface area contributed by atoms with Gasteiger partial charge in [0.1, 0.15) is 6.33 Å². The number of oxazole rings is 1. The third-order valence-corrected chi connectivity index (χ3v) is 1.78. The van der Waals surface area contributed by atoms with E-state index >= 15 is 0 Å². The van der Waals surface area contributed by atoms with Gasteiger partial charge in [-0.2, -0.15) is 4.98 Å². The van der Waals surface area contributed by atoms with Crippen LogP contribution in [0.3, 0.4) is 0 Å². The van der Waals surface area contributed by atoms with Crippen LogP contribution in [0.15, 0.2) is 10.7 Å². The molecule has 2 heterocycles. The summed E-state index contributed by atoms with van der Waals surface area (Å²) in [7, 11) is 1.79. The Morgan fingerprint density at radius 2 is 2.31 bits per heavy atom. The first-order chi connectivity index (χ1) is 6.35. The van der Waals surface area contributed by atoms with Gasteiger partial charge in [-0.15, -0.1) is 0 Å². The van der Waals surface area contributed by atoms with E-state index in [4.69, 9.17) is 4.42 Å². The molecular formula is C8H10N4O. The van der Waals surface area contributed by atoms with Crippen LogP contribution in [0.2, 0.25) is 0 Å². The van der Waals surface area contributed by atoms with Crippen molar-refractivity contribution < 1.29 is 4.42 Å². The van der Waals surface area contributed by atoms with Crippen LogP contribution in [-0.4, -0.2) is 22.0 Å². The Bertz CT molecular complexity index is 423. The summed E-state index contributed by atoms with van der Waals surface area (Å²) in [4.78, 5) is 12.3. The summed E-state index contributed by atoms with van der Waals surface area (Å²) >= 11 is 0. The number of nitrogens with zero attached hydrogens (tertiary/aromatic N) is 3. The lowest BCUT2D eigenvalue weighted by atomic mass is 10.5. The van der Waals surface area contributed by atoms with Gasteiger partial charge in [0.25, 0.3) is 5.71 Å². The Hall–Kier alpha value is -1.65. The van der Waals surface area contributed by atoms with Gasteiger partial charge in [-0.1, -0.05) is 6.92 Å². The Balaban J connectivity index is 2.67. The number of nitrogens with one attached hydrogen (secondary N) is 1. The van der Waals surface area contributed by atoms with E-state index in [9.17, 15) is 0 Å². The summed E-state index contributed by atoms with van der Waals surface area (Å²) in [5, 5.41) is 2.93. The minimum atomic E-state index is 0.538. The van der Waals surface area contributed by atoms with Crippen molar-refractivity contribution in [1.29, 1.82) is 0 Å². The van der Waals surface area contributed by atoms with Gasteiger partial charge in [0.2, 0.25) is 0 Å². The van der Waals surface area contributed by atoms with Crippen molar-refractivity contribution in [3.8, 4) is 0 Å². The highest BCUT2D eigenvalue weighted by molar-refractivity contribution is 5.80. The summed E-state index contributed by atoms with van der Waals surface area (Å²) in [6.45, 7) is 1.98. The van der Waals surface area contributed by atoms with Gasteiger partial charge < -0.3 is 9.73 Å². The van der Waals surface area contributed by atoms with Crippen molar-refractivity contribution in [2.75, 3.05) is 12.4 Å². The predicted octanol–water partition coefficient (Wildman–Crippen LogP) is 1.22. The van der Waals surface area contributed by atoms with Crippen molar-refractivity contribution >= 4 is 17.0 Å². The van der Waals surface area contributed by atoms with E-state index in [1.807, 2.05) is 6.92 Å². The number of hydrogen-bond acceptors (Lipinski definition) is 5. The predicted molar refractivity (Wildman–Crippen MR) is 48.5 cm³/mol. The first-order valence-electron chi connectivity index (χ1n) is 4.13. The highest BCUT2D eigenvalue weighted by Gasteiger charge is 2.09. The number of fused-ring (bicyclic) bond motifs is 1. The molecule has 0 unspecified atom stereocenters. The maximum atomic E-state index is 5.36. The van der Waals surface area contributed by atoms with Crippen LogP contribution in [0, 0.1) is 0 Å². The minimum Gasteiger partial charge on any atom is -0.422 e. The number of aryl methyl sites for hydroxylation is 1. The van der Waals surface area contributed by atoms with E-state index in [1.165, 1.54) is 6.33 Å². The molecule has 0 saturated carbocycles. The molecule has 0 aliphatic rings. The molecular weight excluding hydrogens is 168 g/mol. The van der Waals surface area contributed by atoms with Crippen molar-refractivity contribution in [3.63, 3.8) is 0 Å². The zero-order valence-electron chi connectivity index (χ0n) is 7.53. The van der Waals surface area contributed by atoms with Gasteiger partial charge in [-0.05, 0) is 0 Å². The van der Waals surface area contributed by atoms with Gasteiger partial charge in [-0.3, -0.25) is 0 Å². The van der Waals surface area contributed by atoms with E-state index < -0.39 is 0 Å². The summed E-state index contributed by atoms with van der Waals surface area (Å²) in [6.07, 6.45) is 2.22. The molecule has 0 amide bonds. The third-order valence-electron chi connectivity index (χ3n) is 1.78. The fourth-order valence-electron chi connectivity index (χ4n) is 1.13. The maximum Gasteiger partial charge on any atom is 0.252 e. The Kier molecular flexibility index (Phi) is 1.84. The second-order valence-electron chi connectivity index (χ2n) is 2.59. The van der Waals surface area contributed by atoms with Gasteiger partial charge in [0, 0.05) is 13.5 Å². The third kappa shape index (κ3) is 1.22. The fraction of sp³-hybridized carbons (Fsp3) is 0.375. The lowest BCUT2D eigenvalue weighted by molar-refractivity contribution is 0.529. The van der Waals surface area contributed by atoms with Crippen LogP contribution in [0.1, 0.15) is 12.8 Å². The molecule has 0 spiro atoms. The number of anilines is 1. The highest BCUT2D eigenvalue weighted by atomic mass is 16.4. The topological polar surface area (TPSA) is 63.8 Å². The highest BCUT2D eigenvalue weighted by Crippen LogP contribution is 2.18. The smallest absolute Gasteiger partial charge is 0.252 e. The van der Waals surface area contributed by atoms with Crippen LogP contribution in [-0.2, 0) is 6.42 Å². The molecule has 1 N–H and O–H groups in total. The SMILES string of the molecule is CCc1nc2c(NC)ncnc2o1. The average molecular weight is 178 g/mol. The van der Waals surface area contributed by atoms with E-state index in [0.717, 1.165) is 6.42 Å². The molecule has 0 saturated heterocycles. The average Bonchev–Trinajstić information content (AvgIpc) is 2.59. The van der Waals surface area contributed by atoms with Crippen molar-refractivity contribution in [3.05, 3.63) is 12.2 Å². The Labute approximate surface area is 75.2 Å². The molecule has 5 heteroatoms.